The molecule has 4 rings (SSSR count). The number of hydrogen-bond acceptors (Lipinski definition) is 2. The Bertz CT molecular complexity index is 1130. The Morgan fingerprint density at radius 3 is 2.54 bits per heavy atom. The van der Waals surface area contributed by atoms with Crippen LogP contribution >= 0.6 is 0 Å². The minimum absolute atomic E-state index is 0.0129. The Balaban J connectivity index is 1.67. The topological polar surface area (TPSA) is 46.4 Å². The quantitative estimate of drug-likeness (QED) is 0.526. The van der Waals surface area contributed by atoms with Crippen molar-refractivity contribution in [1.82, 2.24) is 9.38 Å². The summed E-state index contributed by atoms with van der Waals surface area (Å²) in [6.07, 6.45) is 3.10. The number of anilines is 1. The van der Waals surface area contributed by atoms with Crippen LogP contribution in [-0.2, 0) is 11.2 Å². The minimum Gasteiger partial charge on any atom is -0.310 e. The number of aryl methyl sites for hydroxylation is 3. The highest BCUT2D eigenvalue weighted by Crippen LogP contribution is 2.31. The predicted octanol–water partition coefficient (Wildman–Crippen LogP) is 5.19. The van der Waals surface area contributed by atoms with Gasteiger partial charge in [0, 0.05) is 18.2 Å². The van der Waals surface area contributed by atoms with Crippen LogP contribution in [0.3, 0.4) is 0 Å². The van der Waals surface area contributed by atoms with Gasteiger partial charge < -0.3 is 5.32 Å². The first kappa shape index (κ1) is 18.0. The van der Waals surface area contributed by atoms with Gasteiger partial charge in [0.2, 0.25) is 5.91 Å². The Labute approximate surface area is 164 Å². The van der Waals surface area contributed by atoms with Crippen LogP contribution in [0.15, 0.2) is 72.9 Å². The molecule has 2 aromatic heterocycles. The van der Waals surface area contributed by atoms with E-state index < -0.39 is 0 Å². The standard InChI is InChI=1S/C24H23N3O/c1-17-14-15-27-21(16-17)25-23(20-11-7-6-8-18(20)2)24(27)26-22(28)13-12-19-9-4-3-5-10-19/h3-11,14-16H,12-13H2,1-2H3,(H,26,28). The van der Waals surface area contributed by atoms with Crippen molar-refractivity contribution < 1.29 is 4.79 Å². The van der Waals surface area contributed by atoms with E-state index in [2.05, 4.69) is 18.3 Å². The maximum Gasteiger partial charge on any atom is 0.225 e. The molecule has 0 fully saturated rings. The average Bonchev–Trinajstić information content (AvgIpc) is 3.04. The van der Waals surface area contributed by atoms with Crippen LogP contribution in [-0.4, -0.2) is 15.3 Å². The molecule has 2 aromatic carbocycles. The van der Waals surface area contributed by atoms with Crippen LogP contribution in [0.2, 0.25) is 0 Å². The molecule has 0 saturated heterocycles. The van der Waals surface area contributed by atoms with Crippen molar-refractivity contribution in [1.29, 1.82) is 0 Å². The fourth-order valence-corrected chi connectivity index (χ4v) is 3.39. The van der Waals surface area contributed by atoms with E-state index in [9.17, 15) is 4.79 Å². The average molecular weight is 369 g/mol. The zero-order valence-corrected chi connectivity index (χ0v) is 16.1. The summed E-state index contributed by atoms with van der Waals surface area (Å²) >= 11 is 0. The Kier molecular flexibility index (Phi) is 4.94. The van der Waals surface area contributed by atoms with Crippen molar-refractivity contribution in [3.05, 3.63) is 89.6 Å². The largest absolute Gasteiger partial charge is 0.310 e. The van der Waals surface area contributed by atoms with Crippen molar-refractivity contribution in [2.75, 3.05) is 5.32 Å². The van der Waals surface area contributed by atoms with Gasteiger partial charge in [-0.2, -0.15) is 0 Å². The van der Waals surface area contributed by atoms with E-state index in [0.29, 0.717) is 12.8 Å². The monoisotopic (exact) mass is 369 g/mol. The molecule has 4 nitrogen and oxygen atoms in total. The van der Waals surface area contributed by atoms with E-state index >= 15 is 0 Å². The smallest absolute Gasteiger partial charge is 0.225 e. The predicted molar refractivity (Wildman–Crippen MR) is 113 cm³/mol. The second-order valence-electron chi connectivity index (χ2n) is 7.09. The summed E-state index contributed by atoms with van der Waals surface area (Å²) in [7, 11) is 0. The molecule has 0 radical (unpaired) electrons. The number of rotatable bonds is 5. The van der Waals surface area contributed by atoms with Gasteiger partial charge in [-0.25, -0.2) is 4.98 Å². The zero-order valence-electron chi connectivity index (χ0n) is 16.1. The van der Waals surface area contributed by atoms with Gasteiger partial charge in [0.05, 0.1) is 0 Å². The molecule has 0 aliphatic carbocycles. The fraction of sp³-hybridized carbons (Fsp3) is 0.167. The van der Waals surface area contributed by atoms with Crippen molar-refractivity contribution in [2.24, 2.45) is 0 Å². The summed E-state index contributed by atoms with van der Waals surface area (Å²) in [5, 5.41) is 3.11. The second-order valence-corrected chi connectivity index (χ2v) is 7.09. The number of nitrogens with zero attached hydrogens (tertiary/aromatic N) is 2. The van der Waals surface area contributed by atoms with E-state index in [4.69, 9.17) is 4.98 Å². The Morgan fingerprint density at radius 1 is 1.00 bits per heavy atom. The van der Waals surface area contributed by atoms with Gasteiger partial charge in [-0.05, 0) is 49.1 Å². The van der Waals surface area contributed by atoms with E-state index in [0.717, 1.165) is 39.4 Å². The Hall–Kier alpha value is -3.40. The third-order valence-electron chi connectivity index (χ3n) is 4.92. The third kappa shape index (κ3) is 3.67. The van der Waals surface area contributed by atoms with Crippen LogP contribution in [0.4, 0.5) is 5.82 Å². The van der Waals surface area contributed by atoms with Gasteiger partial charge in [0.25, 0.3) is 0 Å². The van der Waals surface area contributed by atoms with Gasteiger partial charge in [-0.15, -0.1) is 0 Å². The number of benzene rings is 2. The second kappa shape index (κ2) is 7.69. The zero-order chi connectivity index (χ0) is 19.5. The summed E-state index contributed by atoms with van der Waals surface area (Å²) in [5.74, 6) is 0.712. The van der Waals surface area contributed by atoms with Crippen molar-refractivity contribution in [3.8, 4) is 11.3 Å². The maximum absolute atomic E-state index is 12.7. The van der Waals surface area contributed by atoms with E-state index in [1.807, 2.05) is 78.2 Å². The van der Waals surface area contributed by atoms with Crippen molar-refractivity contribution in [2.45, 2.75) is 26.7 Å². The highest BCUT2D eigenvalue weighted by Gasteiger charge is 2.17. The summed E-state index contributed by atoms with van der Waals surface area (Å²) < 4.78 is 1.95. The molecule has 140 valence electrons. The van der Waals surface area contributed by atoms with E-state index in [-0.39, 0.29) is 5.91 Å². The van der Waals surface area contributed by atoms with E-state index in [1.54, 1.807) is 0 Å². The molecule has 1 amide bonds. The lowest BCUT2D eigenvalue weighted by Gasteiger charge is -2.09. The highest BCUT2D eigenvalue weighted by atomic mass is 16.1. The molecule has 0 spiro atoms. The lowest BCUT2D eigenvalue weighted by Crippen LogP contribution is -2.14. The number of fused-ring (bicyclic) bond motifs is 1. The van der Waals surface area contributed by atoms with Gasteiger partial charge in [0.15, 0.2) is 0 Å². The van der Waals surface area contributed by atoms with Crippen molar-refractivity contribution in [3.63, 3.8) is 0 Å². The number of amides is 1. The van der Waals surface area contributed by atoms with Crippen LogP contribution in [0.25, 0.3) is 16.9 Å². The molecule has 0 saturated carbocycles. The first-order valence-corrected chi connectivity index (χ1v) is 9.50. The summed E-state index contributed by atoms with van der Waals surface area (Å²) in [4.78, 5) is 17.5. The molecule has 28 heavy (non-hydrogen) atoms. The Morgan fingerprint density at radius 2 is 1.75 bits per heavy atom. The number of hydrogen-bond donors (Lipinski definition) is 1. The molecular formula is C24H23N3O. The molecule has 2 heterocycles. The number of pyridine rings is 1. The molecular weight excluding hydrogens is 346 g/mol. The third-order valence-corrected chi connectivity index (χ3v) is 4.92. The molecule has 4 aromatic rings. The first-order valence-electron chi connectivity index (χ1n) is 9.50. The number of carbonyl (C=O) groups excluding carboxylic acids is 1. The summed E-state index contributed by atoms with van der Waals surface area (Å²) in [6, 6.07) is 22.2. The van der Waals surface area contributed by atoms with Gasteiger partial charge in [-0.1, -0.05) is 54.6 Å². The summed E-state index contributed by atoms with van der Waals surface area (Å²) in [6.45, 7) is 4.10. The molecule has 0 bridgehead atoms. The van der Waals surface area contributed by atoms with Crippen molar-refractivity contribution >= 4 is 17.4 Å². The maximum atomic E-state index is 12.7. The van der Waals surface area contributed by atoms with E-state index in [1.165, 1.54) is 0 Å². The number of nitrogens with one attached hydrogen (secondary N) is 1. The molecule has 1 N–H and O–H groups in total. The lowest BCUT2D eigenvalue weighted by atomic mass is 10.1. The first-order chi connectivity index (χ1) is 13.6. The normalized spacial score (nSPS) is 10.9. The summed E-state index contributed by atoms with van der Waals surface area (Å²) in [5.41, 5.74) is 6.08. The number of aromatic nitrogens is 2. The molecule has 0 aliphatic rings. The molecule has 0 atom stereocenters. The van der Waals surface area contributed by atoms with Gasteiger partial charge >= 0.3 is 0 Å². The number of imidazole rings is 1. The van der Waals surface area contributed by atoms with Gasteiger partial charge in [-0.3, -0.25) is 9.20 Å². The lowest BCUT2D eigenvalue weighted by molar-refractivity contribution is -0.116. The SMILES string of the molecule is Cc1ccn2c(NC(=O)CCc3ccccc3)c(-c3ccccc3C)nc2c1. The highest BCUT2D eigenvalue weighted by molar-refractivity contribution is 5.95. The van der Waals surface area contributed by atoms with Crippen LogP contribution in [0.1, 0.15) is 23.1 Å². The van der Waals surface area contributed by atoms with Crippen LogP contribution in [0, 0.1) is 13.8 Å². The minimum atomic E-state index is -0.0129. The molecule has 0 unspecified atom stereocenters. The van der Waals surface area contributed by atoms with Crippen LogP contribution < -0.4 is 5.32 Å². The van der Waals surface area contributed by atoms with Crippen LogP contribution in [0.5, 0.6) is 0 Å². The number of carbonyl (C=O) groups is 1. The fourth-order valence-electron chi connectivity index (χ4n) is 3.39. The molecule has 0 aliphatic heterocycles. The molecule has 4 heteroatoms. The van der Waals surface area contributed by atoms with Gasteiger partial charge in [0.1, 0.15) is 17.2 Å².